The smallest absolute Gasteiger partial charge is 0.265 e. The second kappa shape index (κ2) is 6.00. The number of aryl methyl sites for hydroxylation is 1. The molecule has 0 radical (unpaired) electrons. The van der Waals surface area contributed by atoms with Crippen LogP contribution >= 0.6 is 0 Å². The first-order chi connectivity index (χ1) is 8.04. The third-order valence-electron chi connectivity index (χ3n) is 2.34. The highest BCUT2D eigenvalue weighted by atomic mass is 16.7. The van der Waals surface area contributed by atoms with Crippen LogP contribution < -0.4 is 5.32 Å². The number of rotatable bonds is 4. The molecule has 0 aliphatic carbocycles. The Kier molecular flexibility index (Phi) is 4.66. The van der Waals surface area contributed by atoms with Gasteiger partial charge in [-0.15, -0.1) is 0 Å². The number of hydrogen-bond acceptors (Lipinski definition) is 3. The van der Waals surface area contributed by atoms with Gasteiger partial charge in [0.1, 0.15) is 0 Å². The molecule has 2 amide bonds. The van der Waals surface area contributed by atoms with Crippen molar-refractivity contribution in [3.8, 4) is 0 Å². The van der Waals surface area contributed by atoms with Crippen molar-refractivity contribution in [1.29, 1.82) is 0 Å². The van der Waals surface area contributed by atoms with E-state index >= 15 is 0 Å². The van der Waals surface area contributed by atoms with E-state index in [1.165, 1.54) is 14.2 Å². The van der Waals surface area contributed by atoms with Crippen LogP contribution in [0, 0.1) is 6.92 Å². The highest BCUT2D eigenvalue weighted by molar-refractivity contribution is 5.96. The highest BCUT2D eigenvalue weighted by Gasteiger charge is 2.10. The molecule has 5 nitrogen and oxygen atoms in total. The molecule has 0 aliphatic heterocycles. The van der Waals surface area contributed by atoms with E-state index < -0.39 is 0 Å². The van der Waals surface area contributed by atoms with E-state index in [9.17, 15) is 9.59 Å². The van der Waals surface area contributed by atoms with E-state index in [4.69, 9.17) is 4.84 Å². The molecule has 92 valence electrons. The van der Waals surface area contributed by atoms with Crippen LogP contribution in [-0.2, 0) is 9.63 Å². The van der Waals surface area contributed by atoms with Crippen LogP contribution in [0.25, 0.3) is 0 Å². The van der Waals surface area contributed by atoms with Gasteiger partial charge in [-0.3, -0.25) is 14.4 Å². The summed E-state index contributed by atoms with van der Waals surface area (Å²) in [4.78, 5) is 27.7. The van der Waals surface area contributed by atoms with Gasteiger partial charge < -0.3 is 5.32 Å². The lowest BCUT2D eigenvalue weighted by atomic mass is 10.1. The average molecular weight is 236 g/mol. The maximum absolute atomic E-state index is 11.6. The molecule has 1 aromatic carbocycles. The predicted octanol–water partition coefficient (Wildman–Crippen LogP) is 0.745. The number of likely N-dealkylation sites (N-methyl/N-ethyl adjacent to an activating group) is 1. The molecule has 0 aromatic heterocycles. The second-order valence-electron chi connectivity index (χ2n) is 3.62. The minimum atomic E-state index is -0.312. The van der Waals surface area contributed by atoms with Crippen LogP contribution in [0.2, 0.25) is 0 Å². The molecule has 1 N–H and O–H groups in total. The monoisotopic (exact) mass is 236 g/mol. The molecule has 0 heterocycles. The molecule has 0 aliphatic rings. The predicted molar refractivity (Wildman–Crippen MR) is 63.3 cm³/mol. The van der Waals surface area contributed by atoms with E-state index in [1.807, 2.05) is 19.1 Å². The molecule has 0 saturated heterocycles. The zero-order valence-electron chi connectivity index (χ0n) is 10.2. The first kappa shape index (κ1) is 13.2. The van der Waals surface area contributed by atoms with Crippen molar-refractivity contribution < 1.29 is 14.4 Å². The number of carbonyl (C=O) groups is 2. The van der Waals surface area contributed by atoms with Crippen molar-refractivity contribution >= 4 is 11.8 Å². The van der Waals surface area contributed by atoms with Gasteiger partial charge in [0, 0.05) is 12.6 Å². The van der Waals surface area contributed by atoms with Gasteiger partial charge in [-0.25, -0.2) is 5.06 Å². The number of hydroxylamine groups is 2. The van der Waals surface area contributed by atoms with E-state index in [1.54, 1.807) is 12.1 Å². The molecule has 5 heteroatoms. The van der Waals surface area contributed by atoms with E-state index in [0.717, 1.165) is 10.6 Å². The van der Waals surface area contributed by atoms with Crippen LogP contribution in [0.5, 0.6) is 0 Å². The normalized spacial score (nSPS) is 9.82. The van der Waals surface area contributed by atoms with Crippen LogP contribution in [-0.4, -0.2) is 37.6 Å². The molecule has 0 fully saturated rings. The molecule has 0 atom stereocenters. The van der Waals surface area contributed by atoms with E-state index in [-0.39, 0.29) is 18.4 Å². The topological polar surface area (TPSA) is 58.6 Å². The second-order valence-corrected chi connectivity index (χ2v) is 3.62. The van der Waals surface area contributed by atoms with Crippen LogP contribution in [0.15, 0.2) is 24.3 Å². The molecule has 1 rings (SSSR count). The van der Waals surface area contributed by atoms with Crippen molar-refractivity contribution in [1.82, 2.24) is 10.4 Å². The minimum Gasteiger partial charge on any atom is -0.343 e. The van der Waals surface area contributed by atoms with Gasteiger partial charge >= 0.3 is 0 Å². The van der Waals surface area contributed by atoms with Gasteiger partial charge in [-0.1, -0.05) is 17.7 Å². The molecule has 0 unspecified atom stereocenters. The third kappa shape index (κ3) is 3.88. The summed E-state index contributed by atoms with van der Waals surface area (Å²) in [5, 5.41) is 3.59. The van der Waals surface area contributed by atoms with Gasteiger partial charge in [0.05, 0.1) is 13.7 Å². The Morgan fingerprint density at radius 1 is 1.29 bits per heavy atom. The summed E-state index contributed by atoms with van der Waals surface area (Å²) in [6, 6.07) is 7.13. The van der Waals surface area contributed by atoms with Crippen molar-refractivity contribution in [3.63, 3.8) is 0 Å². The lowest BCUT2D eigenvalue weighted by molar-refractivity contribution is -0.167. The molecular formula is C12H16N2O3. The summed E-state index contributed by atoms with van der Waals surface area (Å²) in [6.45, 7) is 1.86. The molecule has 0 spiro atoms. The molecule has 17 heavy (non-hydrogen) atoms. The summed E-state index contributed by atoms with van der Waals surface area (Å²) in [5.41, 5.74) is 1.61. The fourth-order valence-electron chi connectivity index (χ4n) is 1.18. The fraction of sp³-hybridized carbons (Fsp3) is 0.333. The number of carbonyl (C=O) groups excluding carboxylic acids is 2. The quantitative estimate of drug-likeness (QED) is 0.785. The number of nitrogens with one attached hydrogen (secondary N) is 1. The Labute approximate surface area is 100 Å². The molecule has 0 bridgehead atoms. The summed E-state index contributed by atoms with van der Waals surface area (Å²) >= 11 is 0. The van der Waals surface area contributed by atoms with Crippen LogP contribution in [0.4, 0.5) is 0 Å². The third-order valence-corrected chi connectivity index (χ3v) is 2.34. The van der Waals surface area contributed by atoms with Crippen molar-refractivity contribution in [2.45, 2.75) is 6.92 Å². The van der Waals surface area contributed by atoms with Gasteiger partial charge in [-0.2, -0.15) is 0 Å². The summed E-state index contributed by atoms with van der Waals surface area (Å²) in [6.07, 6.45) is 0. The van der Waals surface area contributed by atoms with Gasteiger partial charge in [-0.05, 0) is 19.1 Å². The lowest BCUT2D eigenvalue weighted by Crippen LogP contribution is -2.37. The maximum Gasteiger partial charge on any atom is 0.265 e. The lowest BCUT2D eigenvalue weighted by Gasteiger charge is -2.13. The summed E-state index contributed by atoms with van der Waals surface area (Å²) in [7, 11) is 2.88. The minimum absolute atomic E-state index is 0.0863. The summed E-state index contributed by atoms with van der Waals surface area (Å²) in [5.74, 6) is -0.587. The Hall–Kier alpha value is -1.88. The number of nitrogens with zero attached hydrogens (tertiary/aromatic N) is 1. The maximum atomic E-state index is 11.6. The van der Waals surface area contributed by atoms with E-state index in [2.05, 4.69) is 5.32 Å². The van der Waals surface area contributed by atoms with Gasteiger partial charge in [0.25, 0.3) is 11.8 Å². The largest absolute Gasteiger partial charge is 0.343 e. The van der Waals surface area contributed by atoms with Gasteiger partial charge in [0.2, 0.25) is 0 Å². The molecule has 0 saturated carbocycles. The first-order valence-electron chi connectivity index (χ1n) is 5.20. The SMILES string of the molecule is CON(C)C(=O)CNC(=O)c1ccc(C)cc1. The highest BCUT2D eigenvalue weighted by Crippen LogP contribution is 2.02. The standard InChI is InChI=1S/C12H16N2O3/c1-9-4-6-10(7-5-9)12(16)13-8-11(15)14(2)17-3/h4-7H,8H2,1-3H3,(H,13,16). The number of hydrogen-bond donors (Lipinski definition) is 1. The zero-order valence-corrected chi connectivity index (χ0v) is 10.2. The van der Waals surface area contributed by atoms with Crippen LogP contribution in [0.3, 0.4) is 0 Å². The number of benzene rings is 1. The van der Waals surface area contributed by atoms with Gasteiger partial charge in [0.15, 0.2) is 0 Å². The Morgan fingerprint density at radius 3 is 2.41 bits per heavy atom. The van der Waals surface area contributed by atoms with Crippen LogP contribution in [0.1, 0.15) is 15.9 Å². The Balaban J connectivity index is 2.50. The Bertz CT molecular complexity index is 401. The molecular weight excluding hydrogens is 220 g/mol. The van der Waals surface area contributed by atoms with Crippen molar-refractivity contribution in [2.24, 2.45) is 0 Å². The summed E-state index contributed by atoms with van der Waals surface area (Å²) < 4.78 is 0. The zero-order chi connectivity index (χ0) is 12.8. The van der Waals surface area contributed by atoms with E-state index in [0.29, 0.717) is 5.56 Å². The molecule has 1 aromatic rings. The first-order valence-corrected chi connectivity index (χ1v) is 5.20. The van der Waals surface area contributed by atoms with Crippen molar-refractivity contribution in [2.75, 3.05) is 20.7 Å². The fourth-order valence-corrected chi connectivity index (χ4v) is 1.18. The van der Waals surface area contributed by atoms with Crippen molar-refractivity contribution in [3.05, 3.63) is 35.4 Å². The average Bonchev–Trinajstić information content (AvgIpc) is 2.35. The number of amides is 2. The Morgan fingerprint density at radius 2 is 1.88 bits per heavy atom.